The van der Waals surface area contributed by atoms with Gasteiger partial charge < -0.3 is 9.47 Å². The highest BCUT2D eigenvalue weighted by Gasteiger charge is 2.40. The lowest BCUT2D eigenvalue weighted by atomic mass is 10.0. The van der Waals surface area contributed by atoms with E-state index in [1.165, 1.54) is 6.08 Å². The number of rotatable bonds is 6. The van der Waals surface area contributed by atoms with Crippen LogP contribution in [0, 0.1) is 0 Å². The molecule has 1 aliphatic heterocycles. The Morgan fingerprint density at radius 1 is 0.966 bits per heavy atom. The van der Waals surface area contributed by atoms with E-state index in [0.29, 0.717) is 18.8 Å². The summed E-state index contributed by atoms with van der Waals surface area (Å²) in [4.78, 5) is 26.5. The third kappa shape index (κ3) is 5.70. The quantitative estimate of drug-likeness (QED) is 0.724. The normalized spacial score (nSPS) is 16.5. The standard InChI is InChI=1S/C24H27NO4/c1-24(2,3)29-23(27)25-20(16-19-12-8-5-9-13-19)21(17-22(25)26)28-15-14-18-10-6-4-7-11-18/h4-13,17,20H,14-16H2,1-3H3. The lowest BCUT2D eigenvalue weighted by Crippen LogP contribution is -2.44. The second-order valence-corrected chi connectivity index (χ2v) is 8.02. The van der Waals surface area contributed by atoms with Gasteiger partial charge in [-0.25, -0.2) is 9.69 Å². The summed E-state index contributed by atoms with van der Waals surface area (Å²) in [7, 11) is 0. The van der Waals surface area contributed by atoms with Crippen LogP contribution in [0.1, 0.15) is 31.9 Å². The molecule has 1 atom stereocenters. The molecule has 0 radical (unpaired) electrons. The summed E-state index contributed by atoms with van der Waals surface area (Å²) in [5.74, 6) is 0.0931. The number of amides is 2. The van der Waals surface area contributed by atoms with Gasteiger partial charge in [0.1, 0.15) is 17.4 Å². The maximum Gasteiger partial charge on any atom is 0.418 e. The van der Waals surface area contributed by atoms with Crippen molar-refractivity contribution in [3.8, 4) is 0 Å². The van der Waals surface area contributed by atoms with E-state index in [1.807, 2.05) is 60.7 Å². The van der Waals surface area contributed by atoms with E-state index in [9.17, 15) is 9.59 Å². The highest BCUT2D eigenvalue weighted by Crippen LogP contribution is 2.27. The number of carbonyl (C=O) groups is 2. The third-order valence-electron chi connectivity index (χ3n) is 4.51. The second kappa shape index (κ2) is 8.95. The highest BCUT2D eigenvalue weighted by atomic mass is 16.6. The van der Waals surface area contributed by atoms with E-state index in [2.05, 4.69) is 0 Å². The second-order valence-electron chi connectivity index (χ2n) is 8.02. The summed E-state index contributed by atoms with van der Waals surface area (Å²) in [6, 6.07) is 19.2. The molecule has 0 bridgehead atoms. The van der Waals surface area contributed by atoms with Crippen LogP contribution in [-0.4, -0.2) is 35.2 Å². The van der Waals surface area contributed by atoms with Crippen molar-refractivity contribution >= 4 is 12.0 Å². The number of imide groups is 1. The number of hydrogen-bond donors (Lipinski definition) is 0. The predicted molar refractivity (Wildman–Crippen MR) is 111 cm³/mol. The average molecular weight is 393 g/mol. The Bertz CT molecular complexity index is 869. The first-order chi connectivity index (χ1) is 13.8. The lowest BCUT2D eigenvalue weighted by molar-refractivity contribution is -0.125. The van der Waals surface area contributed by atoms with Crippen molar-refractivity contribution in [2.45, 2.75) is 45.3 Å². The van der Waals surface area contributed by atoms with Gasteiger partial charge in [0.25, 0.3) is 5.91 Å². The molecular formula is C24H27NO4. The number of hydrogen-bond acceptors (Lipinski definition) is 4. The van der Waals surface area contributed by atoms with Crippen LogP contribution in [-0.2, 0) is 27.1 Å². The number of carbonyl (C=O) groups excluding carboxylic acids is 2. The van der Waals surface area contributed by atoms with Crippen LogP contribution in [0.25, 0.3) is 0 Å². The Morgan fingerprint density at radius 3 is 2.14 bits per heavy atom. The van der Waals surface area contributed by atoms with Crippen molar-refractivity contribution in [2.75, 3.05) is 6.61 Å². The molecule has 0 N–H and O–H groups in total. The Balaban J connectivity index is 1.75. The molecule has 1 heterocycles. The van der Waals surface area contributed by atoms with Gasteiger partial charge in [-0.05, 0) is 31.9 Å². The van der Waals surface area contributed by atoms with E-state index in [4.69, 9.17) is 9.47 Å². The topological polar surface area (TPSA) is 55.8 Å². The monoisotopic (exact) mass is 393 g/mol. The zero-order chi connectivity index (χ0) is 20.9. The Labute approximate surface area is 171 Å². The van der Waals surface area contributed by atoms with E-state index < -0.39 is 23.6 Å². The van der Waals surface area contributed by atoms with Crippen molar-refractivity contribution < 1.29 is 19.1 Å². The summed E-state index contributed by atoms with van der Waals surface area (Å²) in [5, 5.41) is 0. The minimum absolute atomic E-state index is 0.408. The van der Waals surface area contributed by atoms with Crippen LogP contribution in [0.5, 0.6) is 0 Å². The molecule has 152 valence electrons. The van der Waals surface area contributed by atoms with Gasteiger partial charge in [0, 0.05) is 18.9 Å². The van der Waals surface area contributed by atoms with Crippen LogP contribution in [0.4, 0.5) is 4.79 Å². The molecular weight excluding hydrogens is 366 g/mol. The molecule has 0 aromatic heterocycles. The van der Waals surface area contributed by atoms with Crippen LogP contribution in [0.2, 0.25) is 0 Å². The fourth-order valence-corrected chi connectivity index (χ4v) is 3.20. The number of benzene rings is 2. The number of nitrogens with zero attached hydrogens (tertiary/aromatic N) is 1. The smallest absolute Gasteiger partial charge is 0.418 e. The van der Waals surface area contributed by atoms with Gasteiger partial charge in [-0.2, -0.15) is 0 Å². The molecule has 0 saturated heterocycles. The first-order valence-electron chi connectivity index (χ1n) is 9.82. The first-order valence-corrected chi connectivity index (χ1v) is 9.82. The van der Waals surface area contributed by atoms with Gasteiger partial charge in [-0.15, -0.1) is 0 Å². The molecule has 3 rings (SSSR count). The molecule has 0 saturated carbocycles. The summed E-state index contributed by atoms with van der Waals surface area (Å²) < 4.78 is 11.4. The van der Waals surface area contributed by atoms with Crippen LogP contribution in [0.15, 0.2) is 72.5 Å². The molecule has 1 unspecified atom stereocenters. The lowest BCUT2D eigenvalue weighted by Gasteiger charge is -2.28. The van der Waals surface area contributed by atoms with Crippen LogP contribution in [0.3, 0.4) is 0 Å². The van der Waals surface area contributed by atoms with Gasteiger partial charge in [0.15, 0.2) is 0 Å². The minimum atomic E-state index is -0.689. The van der Waals surface area contributed by atoms with Crippen LogP contribution < -0.4 is 0 Å². The van der Waals surface area contributed by atoms with Crippen LogP contribution >= 0.6 is 0 Å². The largest absolute Gasteiger partial charge is 0.495 e. The molecule has 29 heavy (non-hydrogen) atoms. The summed E-state index contributed by atoms with van der Waals surface area (Å²) >= 11 is 0. The maximum atomic E-state index is 12.7. The van der Waals surface area contributed by atoms with E-state index in [-0.39, 0.29) is 0 Å². The zero-order valence-corrected chi connectivity index (χ0v) is 17.1. The summed E-state index contributed by atoms with van der Waals surface area (Å²) in [6.45, 7) is 5.77. The Kier molecular flexibility index (Phi) is 6.37. The predicted octanol–water partition coefficient (Wildman–Crippen LogP) is 4.52. The molecule has 1 aliphatic rings. The van der Waals surface area contributed by atoms with Crippen molar-refractivity contribution in [3.05, 3.63) is 83.6 Å². The first kappa shape index (κ1) is 20.6. The molecule has 2 amide bonds. The van der Waals surface area contributed by atoms with E-state index in [1.54, 1.807) is 20.8 Å². The summed E-state index contributed by atoms with van der Waals surface area (Å²) in [5.41, 5.74) is 1.48. The molecule has 0 spiro atoms. The van der Waals surface area contributed by atoms with Gasteiger partial charge in [0.2, 0.25) is 0 Å². The Morgan fingerprint density at radius 2 is 1.55 bits per heavy atom. The van der Waals surface area contributed by atoms with E-state index in [0.717, 1.165) is 22.4 Å². The zero-order valence-electron chi connectivity index (χ0n) is 17.1. The van der Waals surface area contributed by atoms with Crippen molar-refractivity contribution in [2.24, 2.45) is 0 Å². The van der Waals surface area contributed by atoms with Crippen molar-refractivity contribution in [1.82, 2.24) is 4.90 Å². The average Bonchev–Trinajstić information content (AvgIpc) is 2.97. The fourth-order valence-electron chi connectivity index (χ4n) is 3.20. The molecule has 0 aliphatic carbocycles. The molecule has 5 heteroatoms. The maximum absolute atomic E-state index is 12.7. The minimum Gasteiger partial charge on any atom is -0.495 e. The van der Waals surface area contributed by atoms with Gasteiger partial charge in [-0.3, -0.25) is 4.79 Å². The third-order valence-corrected chi connectivity index (χ3v) is 4.51. The summed E-state index contributed by atoms with van der Waals surface area (Å²) in [6.07, 6.45) is 1.95. The molecule has 5 nitrogen and oxygen atoms in total. The molecule has 2 aromatic rings. The van der Waals surface area contributed by atoms with Crippen molar-refractivity contribution in [1.29, 1.82) is 0 Å². The Hall–Kier alpha value is -3.08. The van der Waals surface area contributed by atoms with E-state index >= 15 is 0 Å². The van der Waals surface area contributed by atoms with Crippen molar-refractivity contribution in [3.63, 3.8) is 0 Å². The molecule has 2 aromatic carbocycles. The SMILES string of the molecule is CC(C)(C)OC(=O)N1C(=O)C=C(OCCc2ccccc2)C1Cc1ccccc1. The highest BCUT2D eigenvalue weighted by molar-refractivity contribution is 6.02. The van der Waals surface area contributed by atoms with Gasteiger partial charge >= 0.3 is 6.09 Å². The number of ether oxygens (including phenoxy) is 2. The van der Waals surface area contributed by atoms with Gasteiger partial charge in [0.05, 0.1) is 6.61 Å². The van der Waals surface area contributed by atoms with Gasteiger partial charge in [-0.1, -0.05) is 60.7 Å². The fraction of sp³-hybridized carbons (Fsp3) is 0.333. The molecule has 0 fully saturated rings.